The molecule has 1 rings (SSSR count). The first-order valence-corrected chi connectivity index (χ1v) is 7.62. The van der Waals surface area contributed by atoms with E-state index in [2.05, 4.69) is 11.8 Å². The molecule has 0 saturated carbocycles. The zero-order chi connectivity index (χ0) is 16.2. The molecule has 0 N–H and O–H groups in total. The fourth-order valence-electron chi connectivity index (χ4n) is 2.25. The molecule has 0 spiro atoms. The van der Waals surface area contributed by atoms with Gasteiger partial charge in [0.1, 0.15) is 13.2 Å². The molecule has 1 aliphatic rings. The molecule has 1 amide bonds. The molecule has 0 aromatic carbocycles. The maximum atomic E-state index is 12.0. The second-order valence-electron chi connectivity index (χ2n) is 4.93. The fourth-order valence-corrected chi connectivity index (χ4v) is 2.25. The van der Waals surface area contributed by atoms with Crippen LogP contribution in [0.2, 0.25) is 0 Å². The van der Waals surface area contributed by atoms with E-state index in [-0.39, 0.29) is 61.0 Å². The Bertz CT molecular complexity index is 442. The van der Waals surface area contributed by atoms with Crippen LogP contribution in [0, 0.1) is 23.2 Å². The Morgan fingerprint density at radius 3 is 2.83 bits per heavy atom. The number of piperidine rings is 1. The first-order valence-electron chi connectivity index (χ1n) is 7.62. The van der Waals surface area contributed by atoms with E-state index >= 15 is 0 Å². The molecular weight excluding hydrogens is 307 g/mol. The van der Waals surface area contributed by atoms with Crippen molar-refractivity contribution in [3.63, 3.8) is 0 Å². The van der Waals surface area contributed by atoms with E-state index in [0.29, 0.717) is 26.2 Å². The number of carbonyl (C=O) groups excluding carboxylic acids is 1. The third-order valence-corrected chi connectivity index (χ3v) is 3.33. The predicted molar refractivity (Wildman–Crippen MR) is 87.7 cm³/mol. The Morgan fingerprint density at radius 2 is 2.13 bits per heavy atom. The molecule has 2 atom stereocenters. The minimum absolute atomic E-state index is 0. The number of amides is 1. The van der Waals surface area contributed by atoms with Crippen LogP contribution < -0.4 is 0 Å². The van der Waals surface area contributed by atoms with Crippen LogP contribution in [0.1, 0.15) is 33.1 Å². The monoisotopic (exact) mass is 332 g/mol. The van der Waals surface area contributed by atoms with Crippen molar-refractivity contribution in [3.05, 3.63) is 0 Å². The minimum atomic E-state index is -0.269. The van der Waals surface area contributed by atoms with E-state index in [9.17, 15) is 4.79 Å². The van der Waals surface area contributed by atoms with Gasteiger partial charge in [0.15, 0.2) is 6.29 Å². The van der Waals surface area contributed by atoms with Gasteiger partial charge in [-0.05, 0) is 26.7 Å². The number of nitriles is 1. The van der Waals surface area contributed by atoms with Gasteiger partial charge in [-0.15, -0.1) is 0 Å². The number of rotatable bonds is 8. The van der Waals surface area contributed by atoms with E-state index in [1.54, 1.807) is 4.90 Å². The summed E-state index contributed by atoms with van der Waals surface area (Å²) >= 11 is 0. The molecule has 0 aromatic heterocycles. The van der Waals surface area contributed by atoms with Crippen LogP contribution in [0.25, 0.3) is 0 Å². The number of hydrogen-bond acceptors (Lipinski definition) is 5. The van der Waals surface area contributed by atoms with Crippen molar-refractivity contribution in [2.75, 3.05) is 33.0 Å². The predicted octanol–water partition coefficient (Wildman–Crippen LogP) is 0.662. The molecule has 1 fully saturated rings. The molecule has 1 aliphatic heterocycles. The first-order chi connectivity index (χ1) is 10.7. The van der Waals surface area contributed by atoms with Crippen LogP contribution in [0.15, 0.2) is 0 Å². The van der Waals surface area contributed by atoms with Crippen molar-refractivity contribution >= 4 is 35.5 Å². The molecular formula is C16H25N2NaO4. The first kappa shape index (κ1) is 22.4. The van der Waals surface area contributed by atoms with Crippen LogP contribution in [-0.2, 0) is 19.0 Å². The summed E-state index contributed by atoms with van der Waals surface area (Å²) in [4.78, 5) is 13.8. The Kier molecular flexibility index (Phi) is 13.4. The van der Waals surface area contributed by atoms with Crippen molar-refractivity contribution < 1.29 is 19.0 Å². The average Bonchev–Trinajstić information content (AvgIpc) is 2.50. The third kappa shape index (κ3) is 9.32. The van der Waals surface area contributed by atoms with Crippen molar-refractivity contribution in [3.8, 4) is 17.9 Å². The molecule has 1 heterocycles. The zero-order valence-electron chi connectivity index (χ0n) is 13.3. The summed E-state index contributed by atoms with van der Waals surface area (Å²) in [5.41, 5.74) is 0. The molecule has 23 heavy (non-hydrogen) atoms. The molecule has 1 saturated heterocycles. The second kappa shape index (κ2) is 13.8. The van der Waals surface area contributed by atoms with Crippen molar-refractivity contribution in [2.45, 2.75) is 45.4 Å². The van der Waals surface area contributed by atoms with E-state index in [1.165, 1.54) is 0 Å². The average molecular weight is 332 g/mol. The Balaban J connectivity index is 0.00000484. The van der Waals surface area contributed by atoms with Crippen LogP contribution >= 0.6 is 0 Å². The Labute approximate surface area is 160 Å². The van der Waals surface area contributed by atoms with Gasteiger partial charge in [0.05, 0.1) is 25.3 Å². The van der Waals surface area contributed by atoms with E-state index in [0.717, 1.165) is 12.8 Å². The SMILES string of the molecule is CCOC(C)OC[C@H]1CCCC(=O)N1CC#CCOCC#N.[NaH]. The summed E-state index contributed by atoms with van der Waals surface area (Å²) < 4.78 is 15.9. The van der Waals surface area contributed by atoms with E-state index in [4.69, 9.17) is 19.5 Å². The molecule has 0 aliphatic carbocycles. The molecule has 1 unspecified atom stereocenters. The van der Waals surface area contributed by atoms with Gasteiger partial charge in [0, 0.05) is 13.0 Å². The Hall–Kier alpha value is -0.600. The maximum absolute atomic E-state index is 12.0. The van der Waals surface area contributed by atoms with Gasteiger partial charge in [0.25, 0.3) is 0 Å². The molecule has 124 valence electrons. The van der Waals surface area contributed by atoms with Crippen LogP contribution in [0.4, 0.5) is 0 Å². The summed E-state index contributed by atoms with van der Waals surface area (Å²) in [6, 6.07) is 1.92. The van der Waals surface area contributed by atoms with Gasteiger partial charge in [-0.3, -0.25) is 4.79 Å². The standard InChI is InChI=1S/C16H24N2O4.Na.H/c1-3-21-14(2)22-13-15-7-6-8-16(19)18(15)10-4-5-11-20-12-9-17;;/h14-15H,3,6-8,10-13H2,1-2H3;;/t14?,15-;;/m1../s1. The summed E-state index contributed by atoms with van der Waals surface area (Å²) in [6.07, 6.45) is 2.08. The van der Waals surface area contributed by atoms with Gasteiger partial charge in [0.2, 0.25) is 5.91 Å². The summed E-state index contributed by atoms with van der Waals surface area (Å²) in [6.45, 7) is 5.43. The van der Waals surface area contributed by atoms with Crippen molar-refractivity contribution in [1.29, 1.82) is 5.26 Å². The van der Waals surface area contributed by atoms with Gasteiger partial charge >= 0.3 is 29.6 Å². The normalized spacial score (nSPS) is 18.4. The van der Waals surface area contributed by atoms with Gasteiger partial charge in [-0.2, -0.15) is 5.26 Å². The Morgan fingerprint density at radius 1 is 1.35 bits per heavy atom. The van der Waals surface area contributed by atoms with E-state index < -0.39 is 0 Å². The van der Waals surface area contributed by atoms with Gasteiger partial charge < -0.3 is 19.1 Å². The number of ether oxygens (including phenoxy) is 3. The second-order valence-corrected chi connectivity index (χ2v) is 4.93. The van der Waals surface area contributed by atoms with Crippen LogP contribution in [0.5, 0.6) is 0 Å². The van der Waals surface area contributed by atoms with Gasteiger partial charge in [-0.25, -0.2) is 0 Å². The number of nitrogens with zero attached hydrogens (tertiary/aromatic N) is 2. The van der Waals surface area contributed by atoms with Crippen molar-refractivity contribution in [2.24, 2.45) is 0 Å². The van der Waals surface area contributed by atoms with Gasteiger partial charge in [-0.1, -0.05) is 11.8 Å². The summed E-state index contributed by atoms with van der Waals surface area (Å²) in [5.74, 6) is 5.84. The third-order valence-electron chi connectivity index (χ3n) is 3.33. The van der Waals surface area contributed by atoms with Crippen LogP contribution in [0.3, 0.4) is 0 Å². The quantitative estimate of drug-likeness (QED) is 0.283. The molecule has 0 aromatic rings. The number of hydrogen-bond donors (Lipinski definition) is 0. The fraction of sp³-hybridized carbons (Fsp3) is 0.750. The van der Waals surface area contributed by atoms with Crippen molar-refractivity contribution in [1.82, 2.24) is 4.90 Å². The topological polar surface area (TPSA) is 71.8 Å². The molecule has 6 nitrogen and oxygen atoms in total. The number of likely N-dealkylation sites (tertiary alicyclic amines) is 1. The molecule has 0 bridgehead atoms. The molecule has 7 heteroatoms. The van der Waals surface area contributed by atoms with E-state index in [1.807, 2.05) is 19.9 Å². The zero-order valence-corrected chi connectivity index (χ0v) is 13.3. The van der Waals surface area contributed by atoms with Crippen LogP contribution in [-0.4, -0.2) is 85.7 Å². The molecule has 0 radical (unpaired) electrons. The number of carbonyl (C=O) groups is 1. The summed E-state index contributed by atoms with van der Waals surface area (Å²) in [5, 5.41) is 8.34. The summed E-state index contributed by atoms with van der Waals surface area (Å²) in [7, 11) is 0.